The number of carbonyl (C=O) groups excluding carboxylic acids is 2. The lowest BCUT2D eigenvalue weighted by Gasteiger charge is -2.10. The first-order valence-corrected chi connectivity index (χ1v) is 6.62. The lowest BCUT2D eigenvalue weighted by Crippen LogP contribution is -2.13. The fourth-order valence-electron chi connectivity index (χ4n) is 1.88. The van der Waals surface area contributed by atoms with Crippen molar-refractivity contribution in [3.8, 4) is 0 Å². The minimum atomic E-state index is -4.47. The number of hydrogen-bond acceptors (Lipinski definition) is 2. The van der Waals surface area contributed by atoms with Gasteiger partial charge in [-0.1, -0.05) is 6.07 Å². The van der Waals surface area contributed by atoms with Crippen molar-refractivity contribution >= 4 is 23.2 Å². The van der Waals surface area contributed by atoms with Crippen molar-refractivity contribution in [2.24, 2.45) is 0 Å². The normalized spacial score (nSPS) is 11.0. The number of carbonyl (C=O) groups is 2. The smallest absolute Gasteiger partial charge is 0.326 e. The van der Waals surface area contributed by atoms with E-state index in [-0.39, 0.29) is 17.2 Å². The van der Waals surface area contributed by atoms with Gasteiger partial charge in [-0.05, 0) is 42.5 Å². The molecule has 2 aromatic rings. The third kappa shape index (κ3) is 4.57. The minimum Gasteiger partial charge on any atom is -0.326 e. The van der Waals surface area contributed by atoms with Gasteiger partial charge < -0.3 is 10.6 Å². The topological polar surface area (TPSA) is 58.2 Å². The molecule has 0 radical (unpaired) electrons. The molecule has 120 valence electrons. The van der Waals surface area contributed by atoms with Gasteiger partial charge in [-0.25, -0.2) is 0 Å². The maximum absolute atomic E-state index is 12.6. The van der Waals surface area contributed by atoms with Gasteiger partial charge in [-0.2, -0.15) is 13.2 Å². The summed E-state index contributed by atoms with van der Waals surface area (Å²) in [4.78, 5) is 22.9. The number of anilines is 2. The highest BCUT2D eigenvalue weighted by Gasteiger charge is 2.30. The average Bonchev–Trinajstić information content (AvgIpc) is 2.46. The van der Waals surface area contributed by atoms with E-state index in [0.717, 1.165) is 12.1 Å². The van der Waals surface area contributed by atoms with Crippen LogP contribution in [0.4, 0.5) is 24.5 Å². The molecule has 0 aliphatic carbocycles. The summed E-state index contributed by atoms with van der Waals surface area (Å²) >= 11 is 0. The Bertz CT molecular complexity index is 725. The molecule has 0 aliphatic rings. The van der Waals surface area contributed by atoms with Crippen LogP contribution < -0.4 is 10.6 Å². The van der Waals surface area contributed by atoms with E-state index in [1.807, 2.05) is 0 Å². The molecule has 0 saturated carbocycles. The van der Waals surface area contributed by atoms with E-state index in [1.165, 1.54) is 43.3 Å². The molecule has 0 fully saturated rings. The fourth-order valence-corrected chi connectivity index (χ4v) is 1.88. The highest BCUT2D eigenvalue weighted by atomic mass is 19.4. The summed E-state index contributed by atoms with van der Waals surface area (Å²) in [5, 5.41) is 4.95. The van der Waals surface area contributed by atoms with Gasteiger partial charge in [0, 0.05) is 23.9 Å². The van der Waals surface area contributed by atoms with E-state index in [9.17, 15) is 22.8 Å². The van der Waals surface area contributed by atoms with Crippen molar-refractivity contribution in [1.29, 1.82) is 0 Å². The number of amides is 2. The van der Waals surface area contributed by atoms with Crippen LogP contribution in [-0.2, 0) is 11.0 Å². The van der Waals surface area contributed by atoms with Crippen LogP contribution in [0.5, 0.6) is 0 Å². The Morgan fingerprint density at radius 1 is 0.913 bits per heavy atom. The van der Waals surface area contributed by atoms with Crippen molar-refractivity contribution in [2.45, 2.75) is 13.1 Å². The van der Waals surface area contributed by atoms with Gasteiger partial charge >= 0.3 is 6.18 Å². The zero-order chi connectivity index (χ0) is 17.0. The fraction of sp³-hybridized carbons (Fsp3) is 0.125. The second-order valence-corrected chi connectivity index (χ2v) is 4.79. The Kier molecular flexibility index (Phi) is 4.68. The van der Waals surface area contributed by atoms with E-state index in [0.29, 0.717) is 5.69 Å². The van der Waals surface area contributed by atoms with Crippen LogP contribution in [0.1, 0.15) is 22.8 Å². The average molecular weight is 322 g/mol. The van der Waals surface area contributed by atoms with Gasteiger partial charge in [0.2, 0.25) is 5.91 Å². The SMILES string of the molecule is CC(=O)Nc1ccc(C(=O)Nc2cccc(C(F)(F)F)c2)cc1. The van der Waals surface area contributed by atoms with Crippen LogP contribution in [-0.4, -0.2) is 11.8 Å². The predicted octanol–water partition coefficient (Wildman–Crippen LogP) is 3.92. The molecule has 0 spiro atoms. The Labute approximate surface area is 130 Å². The summed E-state index contributed by atoms with van der Waals surface area (Å²) in [5.41, 5.74) is -0.00305. The zero-order valence-electron chi connectivity index (χ0n) is 12.1. The molecular weight excluding hydrogens is 309 g/mol. The molecular formula is C16H13F3N2O2. The zero-order valence-corrected chi connectivity index (χ0v) is 12.1. The first-order valence-electron chi connectivity index (χ1n) is 6.62. The first kappa shape index (κ1) is 16.5. The highest BCUT2D eigenvalue weighted by molar-refractivity contribution is 6.04. The van der Waals surface area contributed by atoms with Crippen molar-refractivity contribution in [1.82, 2.24) is 0 Å². The summed E-state index contributed by atoms with van der Waals surface area (Å²) in [5.74, 6) is -0.787. The molecule has 0 atom stereocenters. The van der Waals surface area contributed by atoms with Crippen molar-refractivity contribution in [2.75, 3.05) is 10.6 Å². The first-order chi connectivity index (χ1) is 10.8. The molecule has 0 aromatic heterocycles. The van der Waals surface area contributed by atoms with Crippen molar-refractivity contribution in [3.05, 3.63) is 59.7 Å². The van der Waals surface area contributed by atoms with E-state index in [1.54, 1.807) is 0 Å². The molecule has 0 unspecified atom stereocenters. The van der Waals surface area contributed by atoms with E-state index < -0.39 is 17.6 Å². The van der Waals surface area contributed by atoms with Crippen molar-refractivity contribution in [3.63, 3.8) is 0 Å². The summed E-state index contributed by atoms with van der Waals surface area (Å²) in [6.45, 7) is 1.36. The Morgan fingerprint density at radius 3 is 2.13 bits per heavy atom. The Hall–Kier alpha value is -2.83. The molecule has 0 aliphatic heterocycles. The Balaban J connectivity index is 2.11. The lowest BCUT2D eigenvalue weighted by molar-refractivity contribution is -0.137. The van der Waals surface area contributed by atoms with Crippen LogP contribution in [0, 0.1) is 0 Å². The van der Waals surface area contributed by atoms with Gasteiger partial charge in [0.15, 0.2) is 0 Å². The second kappa shape index (κ2) is 6.51. The summed E-state index contributed by atoms with van der Waals surface area (Å²) < 4.78 is 37.9. The number of alkyl halides is 3. The minimum absolute atomic E-state index is 0.0516. The van der Waals surface area contributed by atoms with E-state index in [4.69, 9.17) is 0 Å². The van der Waals surface area contributed by atoms with Crippen LogP contribution in [0.15, 0.2) is 48.5 Å². The van der Waals surface area contributed by atoms with Crippen LogP contribution in [0.25, 0.3) is 0 Å². The molecule has 2 rings (SSSR count). The molecule has 23 heavy (non-hydrogen) atoms. The molecule has 0 saturated heterocycles. The highest BCUT2D eigenvalue weighted by Crippen LogP contribution is 2.30. The maximum atomic E-state index is 12.6. The number of benzene rings is 2. The number of rotatable bonds is 3. The van der Waals surface area contributed by atoms with E-state index in [2.05, 4.69) is 10.6 Å². The molecule has 0 bridgehead atoms. The molecule has 2 amide bonds. The van der Waals surface area contributed by atoms with Gasteiger partial charge in [-0.15, -0.1) is 0 Å². The molecule has 0 heterocycles. The molecule has 2 aromatic carbocycles. The number of halogens is 3. The summed E-state index contributed by atoms with van der Waals surface area (Å²) in [6, 6.07) is 10.4. The van der Waals surface area contributed by atoms with Crippen LogP contribution >= 0.6 is 0 Å². The lowest BCUT2D eigenvalue weighted by atomic mass is 10.1. The largest absolute Gasteiger partial charge is 0.416 e. The molecule has 7 heteroatoms. The van der Waals surface area contributed by atoms with Gasteiger partial charge in [0.05, 0.1) is 5.56 Å². The monoisotopic (exact) mass is 322 g/mol. The molecule has 2 N–H and O–H groups in total. The number of hydrogen-bond donors (Lipinski definition) is 2. The van der Waals surface area contributed by atoms with Crippen LogP contribution in [0.3, 0.4) is 0 Å². The van der Waals surface area contributed by atoms with Gasteiger partial charge in [0.25, 0.3) is 5.91 Å². The van der Waals surface area contributed by atoms with E-state index >= 15 is 0 Å². The standard InChI is InChI=1S/C16H13F3N2O2/c1-10(22)20-13-7-5-11(6-8-13)15(23)21-14-4-2-3-12(9-14)16(17,18)19/h2-9H,1H3,(H,20,22)(H,21,23). The van der Waals surface area contributed by atoms with Gasteiger partial charge in [-0.3, -0.25) is 9.59 Å². The summed E-state index contributed by atoms with van der Waals surface area (Å²) in [6.07, 6.45) is -4.47. The maximum Gasteiger partial charge on any atom is 0.416 e. The quantitative estimate of drug-likeness (QED) is 0.900. The third-order valence-corrected chi connectivity index (χ3v) is 2.92. The third-order valence-electron chi connectivity index (χ3n) is 2.92. The molecule has 4 nitrogen and oxygen atoms in total. The Morgan fingerprint density at radius 2 is 1.57 bits per heavy atom. The predicted molar refractivity (Wildman–Crippen MR) is 80.1 cm³/mol. The second-order valence-electron chi connectivity index (χ2n) is 4.79. The van der Waals surface area contributed by atoms with Crippen molar-refractivity contribution < 1.29 is 22.8 Å². The van der Waals surface area contributed by atoms with Gasteiger partial charge in [0.1, 0.15) is 0 Å². The number of nitrogens with one attached hydrogen (secondary N) is 2. The van der Waals surface area contributed by atoms with Crippen LogP contribution in [0.2, 0.25) is 0 Å². The summed E-state index contributed by atoms with van der Waals surface area (Å²) in [7, 11) is 0.